The number of allylic oxidation sites excluding steroid dienone is 3. The number of hydrogen-bond acceptors (Lipinski definition) is 5. The Labute approximate surface area is 153 Å². The molecule has 2 N–H and O–H groups in total. The summed E-state index contributed by atoms with van der Waals surface area (Å²) in [6.45, 7) is 0.543. The molecule has 0 spiro atoms. The molecule has 0 fully saturated rings. The second-order valence-corrected chi connectivity index (χ2v) is 5.87. The van der Waals surface area contributed by atoms with Crippen LogP contribution in [0.25, 0.3) is 0 Å². The number of benzene rings is 1. The molecular weight excluding hydrogens is 326 g/mol. The van der Waals surface area contributed by atoms with Crippen LogP contribution in [0.1, 0.15) is 42.5 Å². The van der Waals surface area contributed by atoms with Gasteiger partial charge < -0.3 is 10.6 Å². The van der Waals surface area contributed by atoms with E-state index in [0.717, 1.165) is 19.3 Å². The third kappa shape index (κ3) is 4.97. The zero-order chi connectivity index (χ0) is 18.8. The van der Waals surface area contributed by atoms with Crippen LogP contribution in [0.3, 0.4) is 0 Å². The fourth-order valence-electron chi connectivity index (χ4n) is 2.77. The van der Waals surface area contributed by atoms with Gasteiger partial charge in [0.15, 0.2) is 5.57 Å². The van der Waals surface area contributed by atoms with Crippen molar-refractivity contribution in [2.45, 2.75) is 32.1 Å². The highest BCUT2D eigenvalue weighted by Crippen LogP contribution is 2.20. The van der Waals surface area contributed by atoms with E-state index in [9.17, 15) is 4.79 Å². The quantitative estimate of drug-likeness (QED) is 0.605. The van der Waals surface area contributed by atoms with E-state index in [-0.39, 0.29) is 17.2 Å². The van der Waals surface area contributed by atoms with Gasteiger partial charge in [0.05, 0.1) is 11.3 Å². The first-order chi connectivity index (χ1) is 12.7. The second kappa shape index (κ2) is 9.67. The molecule has 6 heteroatoms. The first-order valence-electron chi connectivity index (χ1n) is 8.46. The predicted molar refractivity (Wildman–Crippen MR) is 97.4 cm³/mol. The van der Waals surface area contributed by atoms with Gasteiger partial charge in [0.25, 0.3) is 5.91 Å². The molecule has 0 bridgehead atoms. The number of nitrogens with zero attached hydrogens (tertiary/aromatic N) is 3. The number of anilines is 1. The number of rotatable bonds is 6. The number of carbonyl (C=O) groups is 1. The predicted octanol–water partition coefficient (Wildman–Crippen LogP) is 3.54. The van der Waals surface area contributed by atoms with E-state index < -0.39 is 0 Å². The maximum Gasteiger partial charge on any atom is 0.253 e. The van der Waals surface area contributed by atoms with Crippen LogP contribution in [0.15, 0.2) is 47.2 Å². The van der Waals surface area contributed by atoms with Gasteiger partial charge in [0, 0.05) is 6.54 Å². The third-order valence-corrected chi connectivity index (χ3v) is 4.13. The van der Waals surface area contributed by atoms with Crippen LogP contribution >= 0.6 is 0 Å². The summed E-state index contributed by atoms with van der Waals surface area (Å²) in [5, 5.41) is 32.6. The molecule has 1 aromatic rings. The average Bonchev–Trinajstić information content (AvgIpc) is 2.69. The minimum Gasteiger partial charge on any atom is -0.352 e. The monoisotopic (exact) mass is 345 g/mol. The lowest BCUT2D eigenvalue weighted by Gasteiger charge is -2.14. The summed E-state index contributed by atoms with van der Waals surface area (Å²) in [6.07, 6.45) is 7.72. The molecule has 0 radical (unpaired) electrons. The number of amides is 1. The second-order valence-electron chi connectivity index (χ2n) is 5.87. The normalized spacial score (nSPS) is 12.6. The van der Waals surface area contributed by atoms with Gasteiger partial charge in [-0.3, -0.25) is 4.79 Å². The van der Waals surface area contributed by atoms with Gasteiger partial charge in [-0.05, 0) is 44.2 Å². The van der Waals surface area contributed by atoms with Crippen LogP contribution in [0.5, 0.6) is 0 Å². The summed E-state index contributed by atoms with van der Waals surface area (Å²) < 4.78 is 0. The number of para-hydroxylation sites is 1. The molecule has 1 amide bonds. The Morgan fingerprint density at radius 2 is 1.85 bits per heavy atom. The van der Waals surface area contributed by atoms with Crippen molar-refractivity contribution in [3.63, 3.8) is 0 Å². The fourth-order valence-corrected chi connectivity index (χ4v) is 2.77. The smallest absolute Gasteiger partial charge is 0.253 e. The lowest BCUT2D eigenvalue weighted by atomic mass is 9.97. The lowest BCUT2D eigenvalue weighted by Crippen LogP contribution is -2.25. The number of hydrogen-bond donors (Lipinski definition) is 2. The van der Waals surface area contributed by atoms with Crippen LogP contribution in [0, 0.1) is 34.0 Å². The molecule has 0 saturated heterocycles. The van der Waals surface area contributed by atoms with Crippen LogP contribution in [0.4, 0.5) is 5.69 Å². The molecule has 2 rings (SSSR count). The average molecular weight is 345 g/mol. The van der Waals surface area contributed by atoms with Crippen molar-refractivity contribution in [1.82, 2.24) is 5.32 Å². The van der Waals surface area contributed by atoms with E-state index in [1.165, 1.54) is 18.4 Å². The molecule has 0 aromatic heterocycles. The SMILES string of the molecule is N#CC(C#N)=C(C#N)Nc1ccccc1C(=O)NCCC1=CCCCC1. The van der Waals surface area contributed by atoms with E-state index >= 15 is 0 Å². The Bertz CT molecular complexity index is 845. The molecule has 0 atom stereocenters. The van der Waals surface area contributed by atoms with E-state index in [0.29, 0.717) is 17.8 Å². The largest absolute Gasteiger partial charge is 0.352 e. The van der Waals surface area contributed by atoms with Crippen LogP contribution in [-0.2, 0) is 0 Å². The molecule has 0 heterocycles. The number of nitrogens with one attached hydrogen (secondary N) is 2. The Balaban J connectivity index is 2.08. The first kappa shape index (κ1) is 18.8. The Kier molecular flexibility index (Phi) is 6.98. The minimum atomic E-state index is -0.327. The molecule has 6 nitrogen and oxygen atoms in total. The summed E-state index contributed by atoms with van der Waals surface area (Å²) in [5.41, 5.74) is 1.61. The maximum absolute atomic E-state index is 12.5. The molecule has 0 unspecified atom stereocenters. The summed E-state index contributed by atoms with van der Waals surface area (Å²) in [4.78, 5) is 12.5. The molecular formula is C20H19N5O. The summed E-state index contributed by atoms with van der Waals surface area (Å²) in [5.74, 6) is -0.266. The van der Waals surface area contributed by atoms with Crippen molar-refractivity contribution in [3.8, 4) is 18.2 Å². The van der Waals surface area contributed by atoms with Crippen molar-refractivity contribution in [1.29, 1.82) is 15.8 Å². The Morgan fingerprint density at radius 3 is 2.50 bits per heavy atom. The van der Waals surface area contributed by atoms with Crippen LogP contribution in [-0.4, -0.2) is 12.5 Å². The molecule has 1 aliphatic carbocycles. The standard InChI is InChI=1S/C20H19N5O/c21-12-16(13-22)19(14-23)25-18-9-5-4-8-17(18)20(26)24-11-10-15-6-2-1-3-7-15/h4-6,8-9,25H,1-3,7,10-11H2,(H,24,26). The van der Waals surface area contributed by atoms with Gasteiger partial charge in [0.2, 0.25) is 0 Å². The summed E-state index contributed by atoms with van der Waals surface area (Å²) in [6, 6.07) is 11.8. The fraction of sp³-hybridized carbons (Fsp3) is 0.300. The molecule has 26 heavy (non-hydrogen) atoms. The van der Waals surface area contributed by atoms with Crippen molar-refractivity contribution in [2.75, 3.05) is 11.9 Å². The third-order valence-electron chi connectivity index (χ3n) is 4.13. The van der Waals surface area contributed by atoms with Crippen LogP contribution in [0.2, 0.25) is 0 Å². The van der Waals surface area contributed by atoms with E-state index in [2.05, 4.69) is 16.7 Å². The zero-order valence-corrected chi connectivity index (χ0v) is 14.4. The summed E-state index contributed by atoms with van der Waals surface area (Å²) in [7, 11) is 0. The number of carbonyl (C=O) groups excluding carboxylic acids is 1. The Hall–Kier alpha value is -3.56. The molecule has 0 saturated carbocycles. The highest BCUT2D eigenvalue weighted by atomic mass is 16.1. The van der Waals surface area contributed by atoms with Gasteiger partial charge in [-0.25, -0.2) is 0 Å². The first-order valence-corrected chi connectivity index (χ1v) is 8.46. The maximum atomic E-state index is 12.5. The molecule has 1 aliphatic rings. The number of nitriles is 3. The van der Waals surface area contributed by atoms with Gasteiger partial charge in [-0.1, -0.05) is 23.8 Å². The van der Waals surface area contributed by atoms with Crippen molar-refractivity contribution < 1.29 is 4.79 Å². The molecule has 1 aromatic carbocycles. The van der Waals surface area contributed by atoms with E-state index in [1.54, 1.807) is 42.5 Å². The van der Waals surface area contributed by atoms with Gasteiger partial charge in [-0.15, -0.1) is 0 Å². The van der Waals surface area contributed by atoms with Gasteiger partial charge >= 0.3 is 0 Å². The van der Waals surface area contributed by atoms with Gasteiger partial charge in [0.1, 0.15) is 23.9 Å². The molecule has 130 valence electrons. The Morgan fingerprint density at radius 1 is 1.08 bits per heavy atom. The lowest BCUT2D eigenvalue weighted by molar-refractivity contribution is 0.0955. The van der Waals surface area contributed by atoms with Crippen molar-refractivity contribution in [3.05, 3.63) is 52.7 Å². The van der Waals surface area contributed by atoms with Crippen molar-refractivity contribution in [2.24, 2.45) is 0 Å². The zero-order valence-electron chi connectivity index (χ0n) is 14.4. The van der Waals surface area contributed by atoms with Crippen molar-refractivity contribution >= 4 is 11.6 Å². The summed E-state index contributed by atoms with van der Waals surface area (Å²) >= 11 is 0. The minimum absolute atomic E-state index is 0.178. The molecule has 0 aliphatic heterocycles. The topological polar surface area (TPSA) is 112 Å². The van der Waals surface area contributed by atoms with Gasteiger partial charge in [-0.2, -0.15) is 15.8 Å². The van der Waals surface area contributed by atoms with Crippen LogP contribution < -0.4 is 10.6 Å². The highest BCUT2D eigenvalue weighted by Gasteiger charge is 2.14. The van der Waals surface area contributed by atoms with E-state index in [4.69, 9.17) is 15.8 Å². The highest BCUT2D eigenvalue weighted by molar-refractivity contribution is 6.00. The van der Waals surface area contributed by atoms with E-state index in [1.807, 2.05) is 0 Å².